The van der Waals surface area contributed by atoms with E-state index in [1.54, 1.807) is 0 Å². The topological polar surface area (TPSA) is 84.3 Å². The van der Waals surface area contributed by atoms with Crippen molar-refractivity contribution in [2.45, 2.75) is 25.7 Å². The number of hydrogen-bond acceptors (Lipinski definition) is 5. The summed E-state index contributed by atoms with van der Waals surface area (Å²) in [6.07, 6.45) is -5.29. The van der Waals surface area contributed by atoms with Gasteiger partial charge < -0.3 is 30.0 Å². The van der Waals surface area contributed by atoms with Crippen molar-refractivity contribution in [3.63, 3.8) is 0 Å². The van der Waals surface area contributed by atoms with Crippen LogP contribution in [0.4, 0.5) is 13.2 Å². The van der Waals surface area contributed by atoms with Crippen molar-refractivity contribution >= 4 is 5.96 Å². The molecular formula is C21H24F3N3O4. The molecule has 2 aromatic rings. The molecule has 1 aliphatic rings. The van der Waals surface area contributed by atoms with Crippen LogP contribution in [0.1, 0.15) is 18.1 Å². The van der Waals surface area contributed by atoms with Crippen LogP contribution in [-0.2, 0) is 12.7 Å². The third-order valence-corrected chi connectivity index (χ3v) is 4.33. The molecule has 0 spiro atoms. The van der Waals surface area contributed by atoms with E-state index in [2.05, 4.69) is 15.6 Å². The highest BCUT2D eigenvalue weighted by atomic mass is 19.4. The SMILES string of the molecule is CCNC(=NCc1ccc2c(c1)OCO2)NCC(O)COc1ccc(C(F)(F)F)cc1. The molecule has 2 aromatic carbocycles. The minimum atomic E-state index is -4.40. The van der Waals surface area contributed by atoms with E-state index in [0.717, 1.165) is 17.7 Å². The molecule has 0 aliphatic carbocycles. The number of halogens is 3. The van der Waals surface area contributed by atoms with Crippen LogP contribution < -0.4 is 24.8 Å². The second kappa shape index (κ2) is 10.3. The Balaban J connectivity index is 1.47. The Bertz CT molecular complexity index is 888. The fraction of sp³-hybridized carbons (Fsp3) is 0.381. The first kappa shape index (κ1) is 22.5. The fourth-order valence-electron chi connectivity index (χ4n) is 2.76. The molecule has 0 amide bonds. The highest BCUT2D eigenvalue weighted by molar-refractivity contribution is 5.79. The summed E-state index contributed by atoms with van der Waals surface area (Å²) in [4.78, 5) is 4.47. The van der Waals surface area contributed by atoms with Crippen molar-refractivity contribution in [3.8, 4) is 17.2 Å². The molecule has 31 heavy (non-hydrogen) atoms. The third-order valence-electron chi connectivity index (χ3n) is 4.33. The van der Waals surface area contributed by atoms with Gasteiger partial charge in [0.1, 0.15) is 18.5 Å². The lowest BCUT2D eigenvalue weighted by Gasteiger charge is -2.16. The molecule has 168 valence electrons. The molecule has 0 saturated heterocycles. The summed E-state index contributed by atoms with van der Waals surface area (Å²) in [5.74, 6) is 2.14. The standard InChI is InChI=1S/C21H24F3N3O4/c1-2-25-20(26-10-14-3-8-18-19(9-14)31-13-30-18)27-11-16(28)12-29-17-6-4-15(5-7-17)21(22,23)24/h3-9,16,28H,2,10-13H2,1H3,(H2,25,26,27). The van der Waals surface area contributed by atoms with E-state index >= 15 is 0 Å². The van der Waals surface area contributed by atoms with Crippen molar-refractivity contribution in [2.24, 2.45) is 4.99 Å². The Morgan fingerprint density at radius 1 is 1.13 bits per heavy atom. The normalized spacial score (nSPS) is 14.3. The van der Waals surface area contributed by atoms with Gasteiger partial charge in [-0.25, -0.2) is 4.99 Å². The molecular weight excluding hydrogens is 415 g/mol. The fourth-order valence-corrected chi connectivity index (χ4v) is 2.76. The van der Waals surface area contributed by atoms with E-state index in [9.17, 15) is 18.3 Å². The van der Waals surface area contributed by atoms with Crippen LogP contribution in [0.3, 0.4) is 0 Å². The predicted molar refractivity (Wildman–Crippen MR) is 108 cm³/mol. The van der Waals surface area contributed by atoms with Crippen molar-refractivity contribution < 1.29 is 32.5 Å². The van der Waals surface area contributed by atoms with Gasteiger partial charge in [0, 0.05) is 13.1 Å². The summed E-state index contributed by atoms with van der Waals surface area (Å²) >= 11 is 0. The lowest BCUT2D eigenvalue weighted by molar-refractivity contribution is -0.137. The molecule has 1 heterocycles. The number of alkyl halides is 3. The predicted octanol–water partition coefficient (Wildman–Crippen LogP) is 2.93. The van der Waals surface area contributed by atoms with Crippen molar-refractivity contribution in [3.05, 3.63) is 53.6 Å². The van der Waals surface area contributed by atoms with Gasteiger partial charge in [-0.15, -0.1) is 0 Å². The first-order chi connectivity index (χ1) is 14.8. The number of guanidine groups is 1. The van der Waals surface area contributed by atoms with Crippen LogP contribution in [0.5, 0.6) is 17.2 Å². The van der Waals surface area contributed by atoms with E-state index in [1.807, 2.05) is 25.1 Å². The zero-order valence-corrected chi connectivity index (χ0v) is 16.9. The van der Waals surface area contributed by atoms with E-state index in [-0.39, 0.29) is 25.7 Å². The number of nitrogens with zero attached hydrogens (tertiary/aromatic N) is 1. The van der Waals surface area contributed by atoms with Crippen molar-refractivity contribution in [2.75, 3.05) is 26.5 Å². The van der Waals surface area contributed by atoms with Gasteiger partial charge in [0.2, 0.25) is 6.79 Å². The maximum atomic E-state index is 12.6. The first-order valence-corrected chi connectivity index (χ1v) is 9.74. The van der Waals surface area contributed by atoms with Crippen molar-refractivity contribution in [1.82, 2.24) is 10.6 Å². The van der Waals surface area contributed by atoms with Gasteiger partial charge in [-0.2, -0.15) is 13.2 Å². The van der Waals surface area contributed by atoms with Crippen LogP contribution in [0, 0.1) is 0 Å². The molecule has 1 aliphatic heterocycles. The van der Waals surface area contributed by atoms with Crippen LogP contribution in [0.25, 0.3) is 0 Å². The Hall–Kier alpha value is -3.14. The average Bonchev–Trinajstić information content (AvgIpc) is 3.22. The molecule has 0 aromatic heterocycles. The minimum Gasteiger partial charge on any atom is -0.491 e. The van der Waals surface area contributed by atoms with E-state index < -0.39 is 17.8 Å². The zero-order valence-electron chi connectivity index (χ0n) is 16.9. The molecule has 10 heteroatoms. The molecule has 1 unspecified atom stereocenters. The molecule has 0 saturated carbocycles. The minimum absolute atomic E-state index is 0.0834. The molecule has 0 radical (unpaired) electrons. The van der Waals surface area contributed by atoms with Gasteiger partial charge in [0.25, 0.3) is 0 Å². The van der Waals surface area contributed by atoms with Gasteiger partial charge in [0.05, 0.1) is 12.1 Å². The number of aliphatic imine (C=N–C) groups is 1. The Morgan fingerprint density at radius 3 is 2.58 bits per heavy atom. The monoisotopic (exact) mass is 439 g/mol. The number of nitrogens with one attached hydrogen (secondary N) is 2. The van der Waals surface area contributed by atoms with E-state index in [0.29, 0.717) is 30.5 Å². The smallest absolute Gasteiger partial charge is 0.416 e. The summed E-state index contributed by atoms with van der Waals surface area (Å²) in [7, 11) is 0. The summed E-state index contributed by atoms with van der Waals surface area (Å²) in [6.45, 7) is 3.21. The van der Waals surface area contributed by atoms with Crippen molar-refractivity contribution in [1.29, 1.82) is 0 Å². The lowest BCUT2D eigenvalue weighted by Crippen LogP contribution is -2.42. The first-order valence-electron chi connectivity index (χ1n) is 9.74. The second-order valence-corrected chi connectivity index (χ2v) is 6.75. The third kappa shape index (κ3) is 6.68. The quantitative estimate of drug-likeness (QED) is 0.433. The second-order valence-electron chi connectivity index (χ2n) is 6.75. The van der Waals surface area contributed by atoms with Crippen LogP contribution in [0.15, 0.2) is 47.5 Å². The van der Waals surface area contributed by atoms with Crippen LogP contribution >= 0.6 is 0 Å². The maximum absolute atomic E-state index is 12.6. The van der Waals surface area contributed by atoms with Crippen LogP contribution in [-0.4, -0.2) is 43.7 Å². The zero-order chi connectivity index (χ0) is 22.3. The number of ether oxygens (including phenoxy) is 3. The van der Waals surface area contributed by atoms with Gasteiger partial charge in [-0.3, -0.25) is 0 Å². The number of fused-ring (bicyclic) bond motifs is 1. The number of aliphatic hydroxyl groups excluding tert-OH is 1. The molecule has 7 nitrogen and oxygen atoms in total. The molecule has 3 rings (SSSR count). The van der Waals surface area contributed by atoms with Gasteiger partial charge in [-0.1, -0.05) is 6.07 Å². The number of aliphatic hydroxyl groups is 1. The molecule has 0 fully saturated rings. The maximum Gasteiger partial charge on any atom is 0.416 e. The van der Waals surface area contributed by atoms with Crippen LogP contribution in [0.2, 0.25) is 0 Å². The average molecular weight is 439 g/mol. The van der Waals surface area contributed by atoms with E-state index in [1.165, 1.54) is 12.1 Å². The molecule has 0 bridgehead atoms. The lowest BCUT2D eigenvalue weighted by atomic mass is 10.2. The molecule has 3 N–H and O–H groups in total. The summed E-state index contributed by atoms with van der Waals surface area (Å²) in [5.41, 5.74) is 0.184. The number of benzene rings is 2. The Kier molecular flexibility index (Phi) is 7.45. The highest BCUT2D eigenvalue weighted by Crippen LogP contribution is 2.32. The molecule has 1 atom stereocenters. The summed E-state index contributed by atoms with van der Waals surface area (Å²) in [5, 5.41) is 16.2. The largest absolute Gasteiger partial charge is 0.491 e. The van der Waals surface area contributed by atoms with Gasteiger partial charge >= 0.3 is 6.18 Å². The Labute approximate surface area is 177 Å². The highest BCUT2D eigenvalue weighted by Gasteiger charge is 2.30. The summed E-state index contributed by atoms with van der Waals surface area (Å²) < 4.78 is 53.7. The van der Waals surface area contributed by atoms with Gasteiger partial charge in [0.15, 0.2) is 17.5 Å². The summed E-state index contributed by atoms with van der Waals surface area (Å²) in [6, 6.07) is 9.91. The van der Waals surface area contributed by atoms with Gasteiger partial charge in [-0.05, 0) is 48.9 Å². The number of hydrogen-bond donors (Lipinski definition) is 3. The number of rotatable bonds is 8. The van der Waals surface area contributed by atoms with E-state index in [4.69, 9.17) is 14.2 Å². The Morgan fingerprint density at radius 2 is 1.87 bits per heavy atom.